The van der Waals surface area contributed by atoms with Crippen molar-refractivity contribution in [3.05, 3.63) is 65.7 Å². The fourth-order valence-corrected chi connectivity index (χ4v) is 2.76. The van der Waals surface area contributed by atoms with Gasteiger partial charge < -0.3 is 4.90 Å². The van der Waals surface area contributed by atoms with E-state index in [1.807, 2.05) is 56.3 Å². The van der Waals surface area contributed by atoms with Crippen molar-refractivity contribution in [3.8, 4) is 0 Å². The molecule has 0 unspecified atom stereocenters. The molecule has 0 atom stereocenters. The van der Waals surface area contributed by atoms with Crippen LogP contribution in [0.15, 0.2) is 54.6 Å². The average molecular weight is 293 g/mol. The lowest BCUT2D eigenvalue weighted by atomic mass is 9.92. The molecule has 0 aliphatic carbocycles. The maximum Gasteiger partial charge on any atom is 0.232 e. The van der Waals surface area contributed by atoms with Crippen LogP contribution >= 0.6 is 0 Å². The first kappa shape index (κ1) is 14.5. The van der Waals surface area contributed by atoms with Gasteiger partial charge in [-0.05, 0) is 30.7 Å². The third-order valence-corrected chi connectivity index (χ3v) is 4.26. The van der Waals surface area contributed by atoms with Gasteiger partial charge in [0.2, 0.25) is 5.91 Å². The predicted octanol–water partition coefficient (Wildman–Crippen LogP) is 3.68. The van der Waals surface area contributed by atoms with Gasteiger partial charge in [0.05, 0.1) is 0 Å². The van der Waals surface area contributed by atoms with Crippen LogP contribution in [0.4, 0.5) is 5.69 Å². The lowest BCUT2D eigenvalue weighted by Crippen LogP contribution is -2.30. The minimum Gasteiger partial charge on any atom is -0.312 e. The van der Waals surface area contributed by atoms with Gasteiger partial charge in [-0.2, -0.15) is 0 Å². The summed E-state index contributed by atoms with van der Waals surface area (Å²) in [5.41, 5.74) is 1.88. The maximum atomic E-state index is 12.4. The van der Waals surface area contributed by atoms with Crippen molar-refractivity contribution in [2.24, 2.45) is 5.41 Å². The molecule has 1 heterocycles. The first-order valence-corrected chi connectivity index (χ1v) is 7.51. The summed E-state index contributed by atoms with van der Waals surface area (Å²) in [7, 11) is 0. The first-order chi connectivity index (χ1) is 10.5. The van der Waals surface area contributed by atoms with Crippen LogP contribution in [0.2, 0.25) is 0 Å². The number of benzene rings is 2. The number of amides is 1. The summed E-state index contributed by atoms with van der Waals surface area (Å²) in [6.07, 6.45) is 0.858. The van der Waals surface area contributed by atoms with E-state index in [0.717, 1.165) is 18.7 Å². The molecule has 112 valence electrons. The van der Waals surface area contributed by atoms with E-state index < -0.39 is 0 Å². The van der Waals surface area contributed by atoms with Crippen LogP contribution in [-0.4, -0.2) is 18.2 Å². The zero-order chi connectivity index (χ0) is 15.7. The molecular formula is C19H19NO2. The Kier molecular flexibility index (Phi) is 3.57. The highest BCUT2D eigenvalue weighted by molar-refractivity contribution is 6.09. The van der Waals surface area contributed by atoms with Crippen molar-refractivity contribution in [3.63, 3.8) is 0 Å². The maximum absolute atomic E-state index is 12.4. The van der Waals surface area contributed by atoms with Crippen LogP contribution in [-0.2, 0) is 4.79 Å². The average Bonchev–Trinajstić information content (AvgIpc) is 2.82. The molecule has 1 aliphatic heterocycles. The lowest BCUT2D eigenvalue weighted by molar-refractivity contribution is -0.123. The van der Waals surface area contributed by atoms with E-state index in [2.05, 4.69) is 0 Å². The second kappa shape index (κ2) is 5.41. The highest BCUT2D eigenvalue weighted by Gasteiger charge is 2.39. The van der Waals surface area contributed by atoms with Crippen LogP contribution in [0.5, 0.6) is 0 Å². The monoisotopic (exact) mass is 293 g/mol. The summed E-state index contributed by atoms with van der Waals surface area (Å²) in [6, 6.07) is 16.5. The number of carbonyl (C=O) groups is 2. The molecule has 0 radical (unpaired) electrons. The molecule has 1 amide bonds. The molecular weight excluding hydrogens is 274 g/mol. The van der Waals surface area contributed by atoms with E-state index in [-0.39, 0.29) is 17.1 Å². The SMILES string of the molecule is CC1(C)CCN(c2ccc(C(=O)c3ccccc3)cc2)C1=O. The molecule has 0 bridgehead atoms. The number of nitrogens with zero attached hydrogens (tertiary/aromatic N) is 1. The second-order valence-electron chi connectivity index (χ2n) is 6.33. The number of ketones is 1. The van der Waals surface area contributed by atoms with Crippen molar-refractivity contribution in [1.29, 1.82) is 0 Å². The third kappa shape index (κ3) is 2.54. The Balaban J connectivity index is 1.82. The van der Waals surface area contributed by atoms with Crippen molar-refractivity contribution in [1.82, 2.24) is 0 Å². The zero-order valence-corrected chi connectivity index (χ0v) is 12.9. The van der Waals surface area contributed by atoms with Crippen molar-refractivity contribution < 1.29 is 9.59 Å². The number of hydrogen-bond donors (Lipinski definition) is 0. The lowest BCUT2D eigenvalue weighted by Gasteiger charge is -2.19. The van der Waals surface area contributed by atoms with E-state index in [9.17, 15) is 9.59 Å². The highest BCUT2D eigenvalue weighted by atomic mass is 16.2. The summed E-state index contributed by atoms with van der Waals surface area (Å²) in [4.78, 5) is 26.5. The number of hydrogen-bond acceptors (Lipinski definition) is 2. The summed E-state index contributed by atoms with van der Waals surface area (Å²) >= 11 is 0. The topological polar surface area (TPSA) is 37.4 Å². The van der Waals surface area contributed by atoms with E-state index in [1.54, 1.807) is 17.0 Å². The predicted molar refractivity (Wildman–Crippen MR) is 87.1 cm³/mol. The van der Waals surface area contributed by atoms with Crippen molar-refractivity contribution in [2.45, 2.75) is 20.3 Å². The Hall–Kier alpha value is -2.42. The number of carbonyl (C=O) groups excluding carboxylic acids is 2. The van der Waals surface area contributed by atoms with Crippen LogP contribution < -0.4 is 4.90 Å². The third-order valence-electron chi connectivity index (χ3n) is 4.26. The van der Waals surface area contributed by atoms with Gasteiger partial charge >= 0.3 is 0 Å². The summed E-state index contributed by atoms with van der Waals surface area (Å²) in [5.74, 6) is 0.148. The van der Waals surface area contributed by atoms with Gasteiger partial charge in [0.15, 0.2) is 5.78 Å². The molecule has 1 saturated heterocycles. The quantitative estimate of drug-likeness (QED) is 0.810. The minimum absolute atomic E-state index is 0.000211. The van der Waals surface area contributed by atoms with E-state index >= 15 is 0 Å². The molecule has 0 aromatic heterocycles. The van der Waals surface area contributed by atoms with E-state index in [4.69, 9.17) is 0 Å². The summed E-state index contributed by atoms with van der Waals surface area (Å²) in [5, 5.41) is 0. The van der Waals surface area contributed by atoms with Crippen LogP contribution in [0.3, 0.4) is 0 Å². The Labute approximate surface area is 130 Å². The van der Waals surface area contributed by atoms with E-state index in [0.29, 0.717) is 11.1 Å². The normalized spacial score (nSPS) is 16.8. The first-order valence-electron chi connectivity index (χ1n) is 7.51. The molecule has 3 heteroatoms. The Morgan fingerprint density at radius 1 is 0.955 bits per heavy atom. The molecule has 1 fully saturated rings. The molecule has 0 saturated carbocycles. The Morgan fingerprint density at radius 3 is 2.09 bits per heavy atom. The molecule has 0 spiro atoms. The molecule has 3 nitrogen and oxygen atoms in total. The second-order valence-corrected chi connectivity index (χ2v) is 6.33. The largest absolute Gasteiger partial charge is 0.312 e. The van der Waals surface area contributed by atoms with Gasteiger partial charge in [-0.3, -0.25) is 9.59 Å². The molecule has 0 N–H and O–H groups in total. The van der Waals surface area contributed by atoms with Gasteiger partial charge in [0.1, 0.15) is 0 Å². The Bertz CT molecular complexity index is 702. The number of rotatable bonds is 3. The highest BCUT2D eigenvalue weighted by Crippen LogP contribution is 2.34. The molecule has 3 rings (SSSR count). The zero-order valence-electron chi connectivity index (χ0n) is 12.9. The molecule has 2 aromatic rings. The van der Waals surface area contributed by atoms with E-state index in [1.165, 1.54) is 0 Å². The number of anilines is 1. The molecule has 22 heavy (non-hydrogen) atoms. The Morgan fingerprint density at radius 2 is 1.55 bits per heavy atom. The van der Waals surface area contributed by atoms with Crippen LogP contribution in [0, 0.1) is 5.41 Å². The summed E-state index contributed by atoms with van der Waals surface area (Å²) < 4.78 is 0. The van der Waals surface area contributed by atoms with Crippen molar-refractivity contribution in [2.75, 3.05) is 11.4 Å². The van der Waals surface area contributed by atoms with Gasteiger partial charge in [-0.15, -0.1) is 0 Å². The smallest absolute Gasteiger partial charge is 0.232 e. The summed E-state index contributed by atoms with van der Waals surface area (Å²) in [6.45, 7) is 4.68. The fourth-order valence-electron chi connectivity index (χ4n) is 2.76. The van der Waals surface area contributed by atoms with Crippen LogP contribution in [0.1, 0.15) is 36.2 Å². The van der Waals surface area contributed by atoms with Gasteiger partial charge in [0, 0.05) is 28.8 Å². The fraction of sp³-hybridized carbons (Fsp3) is 0.263. The molecule has 1 aliphatic rings. The standard InChI is InChI=1S/C19H19NO2/c1-19(2)12-13-20(18(19)22)16-10-8-15(9-11-16)17(21)14-6-4-3-5-7-14/h3-11H,12-13H2,1-2H3. The minimum atomic E-state index is -0.293. The van der Waals surface area contributed by atoms with Gasteiger partial charge in [0.25, 0.3) is 0 Å². The molecule has 2 aromatic carbocycles. The van der Waals surface area contributed by atoms with Gasteiger partial charge in [-0.25, -0.2) is 0 Å². The van der Waals surface area contributed by atoms with Gasteiger partial charge in [-0.1, -0.05) is 44.2 Å². The van der Waals surface area contributed by atoms with Crippen molar-refractivity contribution >= 4 is 17.4 Å². The van der Waals surface area contributed by atoms with Crippen LogP contribution in [0.25, 0.3) is 0 Å².